The van der Waals surface area contributed by atoms with E-state index in [1.165, 1.54) is 12.1 Å². The van der Waals surface area contributed by atoms with Gasteiger partial charge in [-0.05, 0) is 57.1 Å². The van der Waals surface area contributed by atoms with Gasteiger partial charge >= 0.3 is 19.4 Å². The van der Waals surface area contributed by atoms with Crippen LogP contribution in [0.15, 0.2) is 0 Å². The zero-order valence-electron chi connectivity index (χ0n) is 19.9. The molecule has 0 spiro atoms. The molecule has 0 fully saturated rings. The molecule has 0 unspecified atom stereocenters. The molecule has 180 valence electrons. The standard InChI is InChI=1S/C16H37BCl6N4SSi2/c1-12(2)24(13(3)4)17(25(14(5)6)15(7)8)27(30(21,22)23)28-26(16(9,10)11)29(18,19)20/h12-15H,1-11H3. The van der Waals surface area contributed by atoms with Crippen LogP contribution < -0.4 is 0 Å². The molecule has 0 aromatic heterocycles. The van der Waals surface area contributed by atoms with Crippen LogP contribution in [0, 0.1) is 0 Å². The molecule has 14 heteroatoms. The molecule has 0 N–H and O–H groups in total. The van der Waals surface area contributed by atoms with E-state index in [1.807, 2.05) is 24.7 Å². The van der Waals surface area contributed by atoms with E-state index in [4.69, 9.17) is 66.5 Å². The first kappa shape index (κ1) is 32.4. The maximum atomic E-state index is 6.73. The van der Waals surface area contributed by atoms with Crippen molar-refractivity contribution in [2.24, 2.45) is 0 Å². The van der Waals surface area contributed by atoms with Gasteiger partial charge < -0.3 is 9.62 Å². The minimum absolute atomic E-state index is 0.201. The number of nitrogens with zero attached hydrogens (tertiary/aromatic N) is 4. The van der Waals surface area contributed by atoms with Crippen molar-refractivity contribution in [3.8, 4) is 0 Å². The lowest BCUT2D eigenvalue weighted by molar-refractivity contribution is 0.209. The third kappa shape index (κ3) is 9.59. The molecule has 4 nitrogen and oxygen atoms in total. The molecule has 0 aliphatic carbocycles. The zero-order chi connectivity index (χ0) is 24.4. The first-order valence-electron chi connectivity index (χ1n) is 10.1. The number of halogens is 6. The fourth-order valence-corrected chi connectivity index (χ4v) is 11.8. The minimum atomic E-state index is -3.44. The second-order valence-corrected chi connectivity index (χ2v) is 27.1. The van der Waals surface area contributed by atoms with Crippen molar-refractivity contribution in [3.63, 3.8) is 0 Å². The Kier molecular flexibility index (Phi) is 13.4. The Bertz CT molecular complexity index is 479. The molecule has 0 bridgehead atoms. The van der Waals surface area contributed by atoms with Crippen LogP contribution in [0.3, 0.4) is 0 Å². The quantitative estimate of drug-likeness (QED) is 0.139. The molecule has 0 rings (SSSR count). The fourth-order valence-electron chi connectivity index (χ4n) is 3.51. The SMILES string of the molecule is CC(C)N(B(N(C(C)C)C(C)C)N(SN(C(C)(C)C)[Si](Cl)(Cl)Cl)[Si](Cl)(Cl)Cl)C(C)C. The second kappa shape index (κ2) is 12.4. The molecule has 0 atom stereocenters. The summed E-state index contributed by atoms with van der Waals surface area (Å²) >= 11 is 40.9. The fraction of sp³-hybridized carbons (Fsp3) is 1.00. The van der Waals surface area contributed by atoms with Crippen molar-refractivity contribution in [1.29, 1.82) is 0 Å². The summed E-state index contributed by atoms with van der Waals surface area (Å²) in [4.78, 5) is 4.70. The molecular weight excluding hydrogens is 560 g/mol. The molecule has 0 saturated carbocycles. The average Bonchev–Trinajstić information content (AvgIpc) is 2.40. The molecular formula is C16H37BCl6N4SSi2. The van der Waals surface area contributed by atoms with E-state index in [1.54, 1.807) is 3.97 Å². The number of hydrogen-bond donors (Lipinski definition) is 0. The molecule has 0 amide bonds. The Morgan fingerprint density at radius 3 is 1.10 bits per heavy atom. The average molecular weight is 597 g/mol. The van der Waals surface area contributed by atoms with Crippen LogP contribution in [0.4, 0.5) is 0 Å². The summed E-state index contributed by atoms with van der Waals surface area (Å²) in [5.74, 6) is 0. The van der Waals surface area contributed by atoms with Crippen LogP contribution in [0.1, 0.15) is 76.2 Å². The van der Waals surface area contributed by atoms with Crippen molar-refractivity contribution < 1.29 is 0 Å². The lowest BCUT2D eigenvalue weighted by Crippen LogP contribution is -2.71. The second-order valence-electron chi connectivity index (χ2n) is 9.42. The summed E-state index contributed by atoms with van der Waals surface area (Å²) in [6.07, 6.45) is -6.75. The summed E-state index contributed by atoms with van der Waals surface area (Å²) in [6.45, 7) is 23.2. The topological polar surface area (TPSA) is 13.0 Å². The summed E-state index contributed by atoms with van der Waals surface area (Å²) in [5.41, 5.74) is -0.448. The van der Waals surface area contributed by atoms with Crippen molar-refractivity contribution in [1.82, 2.24) is 17.5 Å². The van der Waals surface area contributed by atoms with Crippen molar-refractivity contribution in [2.75, 3.05) is 0 Å². The Balaban J connectivity index is 6.80. The van der Waals surface area contributed by atoms with Gasteiger partial charge in [0, 0.05) is 5.54 Å². The highest BCUT2D eigenvalue weighted by Crippen LogP contribution is 2.44. The van der Waals surface area contributed by atoms with Gasteiger partial charge in [-0.1, -0.05) is 55.4 Å². The molecule has 30 heavy (non-hydrogen) atoms. The van der Waals surface area contributed by atoms with Gasteiger partial charge in [0.2, 0.25) is 0 Å². The van der Waals surface area contributed by atoms with Gasteiger partial charge in [0.1, 0.15) is 0 Å². The van der Waals surface area contributed by atoms with Gasteiger partial charge in [0.25, 0.3) is 0 Å². The predicted octanol–water partition coefficient (Wildman–Crippen LogP) is 7.48. The van der Waals surface area contributed by atoms with Gasteiger partial charge in [-0.2, -0.15) is 0 Å². The Labute approximate surface area is 220 Å². The van der Waals surface area contributed by atoms with Crippen molar-refractivity contribution >= 4 is 98.1 Å². The van der Waals surface area contributed by atoms with Crippen LogP contribution in [-0.4, -0.2) is 66.6 Å². The Hall–Kier alpha value is 2.43. The zero-order valence-corrected chi connectivity index (χ0v) is 27.2. The smallest absolute Gasteiger partial charge is 0.309 e. The lowest BCUT2D eigenvalue weighted by Gasteiger charge is -2.51. The largest absolute Gasteiger partial charge is 0.435 e. The molecule has 0 saturated heterocycles. The van der Waals surface area contributed by atoms with E-state index >= 15 is 0 Å². The van der Waals surface area contributed by atoms with Crippen LogP contribution in [0.5, 0.6) is 0 Å². The van der Waals surface area contributed by atoms with Gasteiger partial charge in [-0.15, -0.1) is 66.5 Å². The first-order valence-corrected chi connectivity index (χ1v) is 20.8. The Morgan fingerprint density at radius 2 is 0.933 bits per heavy atom. The molecule has 0 aliphatic heterocycles. The predicted molar refractivity (Wildman–Crippen MR) is 148 cm³/mol. The molecule has 0 aliphatic rings. The van der Waals surface area contributed by atoms with Gasteiger partial charge in [0.05, 0.1) is 0 Å². The first-order chi connectivity index (χ1) is 13.1. The van der Waals surface area contributed by atoms with Gasteiger partial charge in [-0.25, -0.2) is 7.85 Å². The van der Waals surface area contributed by atoms with Crippen LogP contribution in [-0.2, 0) is 0 Å². The molecule has 0 radical (unpaired) electrons. The number of hydrogen-bond acceptors (Lipinski definition) is 5. The van der Waals surface area contributed by atoms with Crippen LogP contribution in [0.2, 0.25) is 0 Å². The molecule has 0 aromatic carbocycles. The monoisotopic (exact) mass is 594 g/mol. The number of rotatable bonds is 11. The molecule has 0 aromatic rings. The normalized spacial score (nSPS) is 14.7. The molecule has 0 heterocycles. The van der Waals surface area contributed by atoms with Gasteiger partial charge in [0.15, 0.2) is 0 Å². The highest BCUT2D eigenvalue weighted by atomic mass is 35.8. The van der Waals surface area contributed by atoms with E-state index in [-0.39, 0.29) is 31.3 Å². The van der Waals surface area contributed by atoms with E-state index in [0.717, 1.165) is 0 Å². The third-order valence-corrected chi connectivity index (χ3v) is 14.4. The van der Waals surface area contributed by atoms with Crippen LogP contribution in [0.25, 0.3) is 0 Å². The van der Waals surface area contributed by atoms with E-state index in [9.17, 15) is 0 Å². The minimum Gasteiger partial charge on any atom is -0.309 e. The lowest BCUT2D eigenvalue weighted by atomic mass is 9.81. The van der Waals surface area contributed by atoms with E-state index in [0.29, 0.717) is 0 Å². The maximum absolute atomic E-state index is 6.73. The maximum Gasteiger partial charge on any atom is 0.435 e. The van der Waals surface area contributed by atoms with Crippen LogP contribution >= 0.6 is 78.6 Å². The van der Waals surface area contributed by atoms with E-state index in [2.05, 4.69) is 65.0 Å². The Morgan fingerprint density at radius 1 is 0.633 bits per heavy atom. The van der Waals surface area contributed by atoms with Crippen molar-refractivity contribution in [3.05, 3.63) is 0 Å². The summed E-state index contributed by atoms with van der Waals surface area (Å²) in [6, 6.07) is 0.806. The summed E-state index contributed by atoms with van der Waals surface area (Å²) in [7, 11) is -0.305. The highest BCUT2D eigenvalue weighted by Gasteiger charge is 2.55. The van der Waals surface area contributed by atoms with Crippen molar-refractivity contribution in [2.45, 2.75) is 106 Å². The summed E-state index contributed by atoms with van der Waals surface area (Å²) in [5, 5.41) is 0. The highest BCUT2D eigenvalue weighted by molar-refractivity contribution is 8.02. The van der Waals surface area contributed by atoms with Gasteiger partial charge in [-0.3, -0.25) is 0 Å². The summed E-state index contributed by atoms with van der Waals surface area (Å²) < 4.78 is 3.67. The van der Waals surface area contributed by atoms with E-state index < -0.39 is 17.9 Å². The third-order valence-electron chi connectivity index (χ3n) is 4.39.